The zero-order valence-corrected chi connectivity index (χ0v) is 15.7. The molecule has 0 unspecified atom stereocenters. The van der Waals surface area contributed by atoms with Crippen molar-refractivity contribution in [3.05, 3.63) is 41.5 Å². The van der Waals surface area contributed by atoms with Crippen LogP contribution < -0.4 is 5.32 Å². The van der Waals surface area contributed by atoms with Crippen LogP contribution in [0, 0.1) is 0 Å². The number of amides is 2. The van der Waals surface area contributed by atoms with Crippen molar-refractivity contribution in [1.29, 1.82) is 0 Å². The van der Waals surface area contributed by atoms with Crippen molar-refractivity contribution in [2.24, 2.45) is 0 Å². The predicted octanol–water partition coefficient (Wildman–Crippen LogP) is 2.50. The molecule has 5 N–H and O–H groups in total. The van der Waals surface area contributed by atoms with Crippen LogP contribution in [0.3, 0.4) is 0 Å². The number of benzene rings is 1. The van der Waals surface area contributed by atoms with E-state index in [1.54, 1.807) is 45.0 Å². The maximum atomic E-state index is 12.2. The highest BCUT2D eigenvalue weighted by Gasteiger charge is 2.44. The predicted molar refractivity (Wildman–Crippen MR) is 99.6 cm³/mol. The Bertz CT molecular complexity index is 724. The monoisotopic (exact) mass is 384 g/mol. The lowest BCUT2D eigenvalue weighted by Gasteiger charge is -2.46. The molecule has 0 aliphatic carbocycles. The quantitative estimate of drug-likeness (QED) is 0.530. The first-order valence-corrected chi connectivity index (χ1v) is 9.51. The highest BCUT2D eigenvalue weighted by Crippen LogP contribution is 2.62. The van der Waals surface area contributed by atoms with E-state index in [4.69, 9.17) is 5.11 Å². The third-order valence-electron chi connectivity index (χ3n) is 3.88. The summed E-state index contributed by atoms with van der Waals surface area (Å²) < 4.78 is 22.3. The van der Waals surface area contributed by atoms with Crippen molar-refractivity contribution in [1.82, 2.24) is 9.62 Å². The van der Waals surface area contributed by atoms with Crippen molar-refractivity contribution in [2.75, 3.05) is 6.61 Å². The Morgan fingerprint density at radius 1 is 1.23 bits per heavy atom. The first-order valence-electron chi connectivity index (χ1n) is 8.00. The van der Waals surface area contributed by atoms with Crippen LogP contribution in [-0.4, -0.2) is 53.8 Å². The zero-order valence-electron chi connectivity index (χ0n) is 14.8. The Kier molecular flexibility index (Phi) is 5.67. The van der Waals surface area contributed by atoms with Crippen molar-refractivity contribution in [3.8, 4) is 0 Å². The van der Waals surface area contributed by atoms with Gasteiger partial charge in [0, 0.05) is 6.08 Å². The average molecular weight is 384 g/mol. The summed E-state index contributed by atoms with van der Waals surface area (Å²) in [5, 5.41) is 20.2. The molecule has 1 aromatic rings. The van der Waals surface area contributed by atoms with Gasteiger partial charge in [-0.05, 0) is 38.3 Å². The van der Waals surface area contributed by atoms with E-state index < -0.39 is 34.4 Å². The molecule has 0 saturated heterocycles. The second-order valence-electron chi connectivity index (χ2n) is 7.06. The molecule has 8 nitrogen and oxygen atoms in total. The van der Waals surface area contributed by atoms with E-state index in [-0.39, 0.29) is 17.9 Å². The van der Waals surface area contributed by atoms with Crippen molar-refractivity contribution < 1.29 is 28.9 Å². The van der Waals surface area contributed by atoms with E-state index in [2.05, 4.69) is 5.32 Å². The largest absolute Gasteiger partial charge is 0.465 e. The molecule has 0 fully saturated rings. The number of rotatable bonds is 5. The molecule has 1 aromatic carbocycles. The minimum absolute atomic E-state index is 0.159. The fourth-order valence-corrected chi connectivity index (χ4v) is 4.83. The molecule has 1 atom stereocenters. The molecule has 0 bridgehead atoms. The molecule has 1 aliphatic heterocycles. The summed E-state index contributed by atoms with van der Waals surface area (Å²) in [6.45, 7) is 4.84. The number of nitrogens with one attached hydrogen (secondary N) is 1. The van der Waals surface area contributed by atoms with Crippen LogP contribution in [-0.2, 0) is 11.2 Å². The fourth-order valence-electron chi connectivity index (χ4n) is 2.85. The van der Waals surface area contributed by atoms with Gasteiger partial charge in [-0.15, -0.1) is 0 Å². The van der Waals surface area contributed by atoms with Crippen LogP contribution >= 0.6 is 10.8 Å². The molecule has 0 radical (unpaired) electrons. The molecule has 2 amide bonds. The van der Waals surface area contributed by atoms with Gasteiger partial charge in [0.2, 0.25) is 0 Å². The maximum absolute atomic E-state index is 12.2. The van der Waals surface area contributed by atoms with E-state index in [0.29, 0.717) is 5.56 Å². The first-order chi connectivity index (χ1) is 12.0. The summed E-state index contributed by atoms with van der Waals surface area (Å²) in [5.74, 6) is -0.456. The van der Waals surface area contributed by atoms with Gasteiger partial charge in [0.15, 0.2) is 0 Å². The zero-order chi connectivity index (χ0) is 19.7. The lowest BCUT2D eigenvalue weighted by Crippen LogP contribution is -2.43. The molecule has 1 aliphatic rings. The van der Waals surface area contributed by atoms with Gasteiger partial charge < -0.3 is 15.5 Å². The number of aliphatic hydroxyl groups excluding tert-OH is 1. The van der Waals surface area contributed by atoms with Gasteiger partial charge in [-0.2, -0.15) is 0 Å². The number of carboxylic acid groups (broad SMARTS) is 1. The molecule has 0 saturated carbocycles. The Labute approximate surface area is 153 Å². The smallest absolute Gasteiger partial charge is 0.404 e. The molecule has 0 spiro atoms. The van der Waals surface area contributed by atoms with E-state index >= 15 is 0 Å². The molecular formula is C17H24N2O6S. The Hall–Kier alpha value is -2.07. The van der Waals surface area contributed by atoms with Gasteiger partial charge in [-0.3, -0.25) is 13.9 Å². The van der Waals surface area contributed by atoms with Gasteiger partial charge >= 0.3 is 6.09 Å². The second-order valence-corrected chi connectivity index (χ2v) is 8.90. The van der Waals surface area contributed by atoms with Gasteiger partial charge in [0.25, 0.3) is 5.91 Å². The lowest BCUT2D eigenvalue weighted by molar-refractivity contribution is -0.124. The number of carbonyl (C=O) groups is 2. The van der Waals surface area contributed by atoms with Crippen LogP contribution in [0.1, 0.15) is 31.9 Å². The molecule has 26 heavy (non-hydrogen) atoms. The summed E-state index contributed by atoms with van der Waals surface area (Å²) in [6, 6.07) is 6.04. The molecule has 2 rings (SSSR count). The summed E-state index contributed by atoms with van der Waals surface area (Å²) in [5.41, 5.74) is 0.515. The molecule has 1 heterocycles. The second kappa shape index (κ2) is 7.28. The van der Waals surface area contributed by atoms with Crippen LogP contribution in [0.2, 0.25) is 0 Å². The summed E-state index contributed by atoms with van der Waals surface area (Å²) in [4.78, 5) is 23.1. The summed E-state index contributed by atoms with van der Waals surface area (Å²) in [7, 11) is -3.43. The Morgan fingerprint density at radius 3 is 2.23 bits per heavy atom. The fraction of sp³-hybridized carbons (Fsp3) is 0.412. The Morgan fingerprint density at radius 2 is 1.81 bits per heavy atom. The number of nitrogens with zero attached hydrogens (tertiary/aromatic N) is 1. The normalized spacial score (nSPS) is 19.1. The van der Waals surface area contributed by atoms with Crippen molar-refractivity contribution >= 4 is 27.7 Å². The van der Waals surface area contributed by atoms with Gasteiger partial charge in [0.05, 0.1) is 23.1 Å². The van der Waals surface area contributed by atoms with E-state index in [9.17, 15) is 23.8 Å². The van der Waals surface area contributed by atoms with E-state index in [1.165, 1.54) is 6.08 Å². The average Bonchev–Trinajstić information content (AvgIpc) is 2.75. The summed E-state index contributed by atoms with van der Waals surface area (Å²) >= 11 is 0. The Balaban J connectivity index is 2.22. The van der Waals surface area contributed by atoms with Crippen LogP contribution in [0.4, 0.5) is 4.79 Å². The SMILES string of the molecule is CC(C)(C)N1C(=O)C=C(c2ccc(C[C@@H](CO)NC(=O)O)cc2)S1(O)O. The third-order valence-corrected chi connectivity index (χ3v) is 6.06. The summed E-state index contributed by atoms with van der Waals surface area (Å²) in [6.07, 6.45) is 0.301. The van der Waals surface area contributed by atoms with Gasteiger partial charge in [0.1, 0.15) is 0 Å². The highest BCUT2D eigenvalue weighted by molar-refractivity contribution is 8.31. The topological polar surface area (TPSA) is 130 Å². The van der Waals surface area contributed by atoms with Crippen LogP contribution in [0.25, 0.3) is 4.91 Å². The molecule has 144 valence electrons. The highest BCUT2D eigenvalue weighted by atomic mass is 32.3. The third kappa shape index (κ3) is 4.18. The molecule has 0 aromatic heterocycles. The van der Waals surface area contributed by atoms with Gasteiger partial charge in [-0.25, -0.2) is 9.10 Å². The standard InChI is InChI=1S/C17H24N2O6S/c1-17(2,3)19-15(21)9-14(26(19,24)25)12-6-4-11(5-7-12)8-13(10-20)18-16(22)23/h4-7,9,13,18,20,24-25H,8,10H2,1-3H3,(H,22,23)/t13-/m0/s1. The first kappa shape index (κ1) is 20.2. The number of carbonyl (C=O) groups excluding carboxylic acids is 1. The van der Waals surface area contributed by atoms with E-state index in [0.717, 1.165) is 9.87 Å². The van der Waals surface area contributed by atoms with Crippen LogP contribution in [0.5, 0.6) is 0 Å². The maximum Gasteiger partial charge on any atom is 0.404 e. The van der Waals surface area contributed by atoms with Crippen LogP contribution in [0.15, 0.2) is 30.3 Å². The van der Waals surface area contributed by atoms with Crippen molar-refractivity contribution in [2.45, 2.75) is 38.8 Å². The number of hydrogen-bond donors (Lipinski definition) is 5. The molecular weight excluding hydrogens is 360 g/mol. The van der Waals surface area contributed by atoms with Crippen molar-refractivity contribution in [3.63, 3.8) is 0 Å². The van der Waals surface area contributed by atoms with E-state index in [1.807, 2.05) is 0 Å². The minimum atomic E-state index is -3.43. The number of hydrogen-bond acceptors (Lipinski definition) is 5. The molecule has 9 heteroatoms. The number of aliphatic hydroxyl groups is 1. The lowest BCUT2D eigenvalue weighted by atomic mass is 10.0. The minimum Gasteiger partial charge on any atom is -0.465 e. The van der Waals surface area contributed by atoms with Gasteiger partial charge in [-0.1, -0.05) is 35.0 Å².